The average Bonchev–Trinajstić information content (AvgIpc) is 2.75. The fourth-order valence-corrected chi connectivity index (χ4v) is 4.26. The van der Waals surface area contributed by atoms with Gasteiger partial charge in [-0.25, -0.2) is 5.43 Å². The Bertz CT molecular complexity index is 839. The number of thioether (sulfide) groups is 1. The Kier molecular flexibility index (Phi) is 9.33. The lowest BCUT2D eigenvalue weighted by molar-refractivity contribution is -0.118. The Balaban J connectivity index is 1.24. The highest BCUT2D eigenvalue weighted by molar-refractivity contribution is 7.99. The van der Waals surface area contributed by atoms with Gasteiger partial charge in [0.25, 0.3) is 0 Å². The Morgan fingerprint density at radius 1 is 1.07 bits per heavy atom. The number of nitrogens with zero attached hydrogens (tertiary/aromatic N) is 3. The van der Waals surface area contributed by atoms with Gasteiger partial charge >= 0.3 is 0 Å². The van der Waals surface area contributed by atoms with Gasteiger partial charge in [-0.1, -0.05) is 41.4 Å². The lowest BCUT2D eigenvalue weighted by Gasteiger charge is -2.36. The van der Waals surface area contributed by atoms with Gasteiger partial charge in [0.15, 0.2) is 0 Å². The molecule has 8 heteroatoms. The summed E-state index contributed by atoms with van der Waals surface area (Å²) >= 11 is 13.6. The fourth-order valence-electron chi connectivity index (χ4n) is 3.22. The van der Waals surface area contributed by atoms with E-state index in [2.05, 4.69) is 26.4 Å². The van der Waals surface area contributed by atoms with E-state index in [1.54, 1.807) is 30.1 Å². The number of hydrogen-bond acceptors (Lipinski definition) is 5. The summed E-state index contributed by atoms with van der Waals surface area (Å²) in [6.45, 7) is 5.20. The van der Waals surface area contributed by atoms with E-state index in [1.165, 1.54) is 5.69 Å². The molecule has 1 saturated heterocycles. The standard InChI is InChI=1S/C22H26Cl2N4OS/c23-19-7-5-18(6-8-19)16-25-26-22(29)17-30-14-2-9-27-10-12-28(13-11-27)21-4-1-3-20(24)15-21/h1,3-8,15-16H,2,9-14,17H2,(H,26,29). The third kappa shape index (κ3) is 7.84. The van der Waals surface area contributed by atoms with E-state index in [9.17, 15) is 4.79 Å². The maximum absolute atomic E-state index is 11.9. The van der Waals surface area contributed by atoms with Crippen LogP contribution >= 0.6 is 35.0 Å². The van der Waals surface area contributed by atoms with Crippen molar-refractivity contribution in [3.05, 3.63) is 64.1 Å². The predicted molar refractivity (Wildman–Crippen MR) is 129 cm³/mol. The van der Waals surface area contributed by atoms with Crippen LogP contribution in [-0.2, 0) is 4.79 Å². The fraction of sp³-hybridized carbons (Fsp3) is 0.364. The summed E-state index contributed by atoms with van der Waals surface area (Å²) in [5.41, 5.74) is 4.65. The number of carbonyl (C=O) groups is 1. The number of hydrazone groups is 1. The van der Waals surface area contributed by atoms with Crippen LogP contribution < -0.4 is 10.3 Å². The van der Waals surface area contributed by atoms with Crippen LogP contribution in [0.2, 0.25) is 10.0 Å². The molecule has 0 aliphatic carbocycles. The van der Waals surface area contributed by atoms with E-state index >= 15 is 0 Å². The molecule has 1 aliphatic heterocycles. The quantitative estimate of drug-likeness (QED) is 0.339. The van der Waals surface area contributed by atoms with E-state index < -0.39 is 0 Å². The molecule has 160 valence electrons. The molecule has 0 atom stereocenters. The Morgan fingerprint density at radius 3 is 2.57 bits per heavy atom. The molecule has 1 N–H and O–H groups in total. The van der Waals surface area contributed by atoms with Gasteiger partial charge in [-0.15, -0.1) is 0 Å². The minimum atomic E-state index is -0.0830. The number of hydrogen-bond donors (Lipinski definition) is 1. The molecule has 1 fully saturated rings. The third-order valence-corrected chi connectivity index (χ3v) is 6.35. The second-order valence-corrected chi connectivity index (χ2v) is 9.04. The summed E-state index contributed by atoms with van der Waals surface area (Å²) < 4.78 is 0. The van der Waals surface area contributed by atoms with Gasteiger partial charge in [0.2, 0.25) is 5.91 Å². The summed E-state index contributed by atoms with van der Waals surface area (Å²) in [5.74, 6) is 1.30. The first-order valence-corrected chi connectivity index (χ1v) is 11.9. The van der Waals surface area contributed by atoms with Gasteiger partial charge in [-0.05, 0) is 54.6 Å². The lowest BCUT2D eigenvalue weighted by Crippen LogP contribution is -2.46. The number of nitrogens with one attached hydrogen (secondary N) is 1. The van der Waals surface area contributed by atoms with Crippen molar-refractivity contribution in [2.24, 2.45) is 5.10 Å². The van der Waals surface area contributed by atoms with Gasteiger partial charge in [0, 0.05) is 41.9 Å². The molecule has 3 rings (SSSR count). The maximum atomic E-state index is 11.9. The number of anilines is 1. The molecule has 1 amide bonds. The first kappa shape index (κ1) is 22.9. The van der Waals surface area contributed by atoms with Crippen molar-refractivity contribution in [1.82, 2.24) is 10.3 Å². The van der Waals surface area contributed by atoms with E-state index in [4.69, 9.17) is 23.2 Å². The topological polar surface area (TPSA) is 47.9 Å². The minimum Gasteiger partial charge on any atom is -0.369 e. The molecular formula is C22H26Cl2N4OS. The molecular weight excluding hydrogens is 439 g/mol. The van der Waals surface area contributed by atoms with Crippen molar-refractivity contribution in [1.29, 1.82) is 0 Å². The van der Waals surface area contributed by atoms with Crippen molar-refractivity contribution < 1.29 is 4.79 Å². The zero-order valence-electron chi connectivity index (χ0n) is 16.8. The largest absolute Gasteiger partial charge is 0.369 e. The first-order valence-electron chi connectivity index (χ1n) is 9.98. The third-order valence-electron chi connectivity index (χ3n) is 4.81. The number of piperazine rings is 1. The zero-order valence-corrected chi connectivity index (χ0v) is 19.1. The summed E-state index contributed by atoms with van der Waals surface area (Å²) in [4.78, 5) is 16.7. The monoisotopic (exact) mass is 464 g/mol. The Morgan fingerprint density at radius 2 is 1.83 bits per heavy atom. The Hall–Kier alpha value is -1.73. The van der Waals surface area contributed by atoms with E-state index in [1.807, 2.05) is 30.3 Å². The zero-order chi connectivity index (χ0) is 21.2. The molecule has 30 heavy (non-hydrogen) atoms. The number of benzene rings is 2. The second kappa shape index (κ2) is 12.2. The van der Waals surface area contributed by atoms with Crippen LogP contribution in [0.5, 0.6) is 0 Å². The highest BCUT2D eigenvalue weighted by atomic mass is 35.5. The predicted octanol–water partition coefficient (Wildman–Crippen LogP) is 4.39. The van der Waals surface area contributed by atoms with Gasteiger partial charge in [0.1, 0.15) is 0 Å². The summed E-state index contributed by atoms with van der Waals surface area (Å²) in [7, 11) is 0. The second-order valence-electron chi connectivity index (χ2n) is 7.06. The van der Waals surface area contributed by atoms with Crippen molar-refractivity contribution in [2.45, 2.75) is 6.42 Å². The van der Waals surface area contributed by atoms with Crippen molar-refractivity contribution in [3.8, 4) is 0 Å². The van der Waals surface area contributed by atoms with Gasteiger partial charge in [-0.3, -0.25) is 9.69 Å². The summed E-state index contributed by atoms with van der Waals surface area (Å²) in [5, 5.41) is 5.44. The smallest absolute Gasteiger partial charge is 0.250 e. The number of carbonyl (C=O) groups excluding carboxylic acids is 1. The van der Waals surface area contributed by atoms with Gasteiger partial charge in [-0.2, -0.15) is 16.9 Å². The number of amides is 1. The van der Waals surface area contributed by atoms with Gasteiger partial charge in [0.05, 0.1) is 12.0 Å². The molecule has 1 heterocycles. The van der Waals surface area contributed by atoms with Crippen molar-refractivity contribution in [2.75, 3.05) is 49.1 Å². The molecule has 5 nitrogen and oxygen atoms in total. The van der Waals surface area contributed by atoms with Crippen LogP contribution in [0.4, 0.5) is 5.69 Å². The molecule has 1 aliphatic rings. The molecule has 0 radical (unpaired) electrons. The first-order chi connectivity index (χ1) is 14.6. The molecule has 0 spiro atoms. The van der Waals surface area contributed by atoms with Crippen LogP contribution in [-0.4, -0.2) is 61.3 Å². The lowest BCUT2D eigenvalue weighted by atomic mass is 10.2. The summed E-state index contributed by atoms with van der Waals surface area (Å²) in [6.07, 6.45) is 2.69. The SMILES string of the molecule is O=C(CSCCCN1CCN(c2cccc(Cl)c2)CC1)NN=Cc1ccc(Cl)cc1. The number of halogens is 2. The van der Waals surface area contributed by atoms with Crippen LogP contribution in [0.1, 0.15) is 12.0 Å². The molecule has 2 aromatic rings. The molecule has 0 saturated carbocycles. The van der Waals surface area contributed by atoms with Crippen molar-refractivity contribution in [3.63, 3.8) is 0 Å². The van der Waals surface area contributed by atoms with Crippen LogP contribution in [0.25, 0.3) is 0 Å². The normalized spacial score (nSPS) is 14.9. The summed E-state index contributed by atoms with van der Waals surface area (Å²) in [6, 6.07) is 15.3. The Labute approximate surface area is 192 Å². The highest BCUT2D eigenvalue weighted by Crippen LogP contribution is 2.20. The average molecular weight is 465 g/mol. The van der Waals surface area contributed by atoms with Crippen LogP contribution in [0.15, 0.2) is 53.6 Å². The number of rotatable bonds is 9. The van der Waals surface area contributed by atoms with E-state index in [-0.39, 0.29) is 5.91 Å². The molecule has 0 bridgehead atoms. The molecule has 0 unspecified atom stereocenters. The minimum absolute atomic E-state index is 0.0830. The molecule has 0 aromatic heterocycles. The van der Waals surface area contributed by atoms with Crippen LogP contribution in [0, 0.1) is 0 Å². The van der Waals surface area contributed by atoms with E-state index in [0.29, 0.717) is 10.8 Å². The molecule has 2 aromatic carbocycles. The van der Waals surface area contributed by atoms with Crippen LogP contribution in [0.3, 0.4) is 0 Å². The van der Waals surface area contributed by atoms with E-state index in [0.717, 1.165) is 55.5 Å². The maximum Gasteiger partial charge on any atom is 0.250 e. The van der Waals surface area contributed by atoms with Gasteiger partial charge < -0.3 is 4.90 Å². The van der Waals surface area contributed by atoms with Crippen molar-refractivity contribution >= 4 is 52.8 Å². The highest BCUT2D eigenvalue weighted by Gasteiger charge is 2.16.